The molecular weight excluding hydrogens is 424 g/mol. The molecule has 4 rings (SSSR count). The van der Waals surface area contributed by atoms with Crippen molar-refractivity contribution in [3.8, 4) is 5.75 Å². The molecule has 2 saturated heterocycles. The number of carbonyl (C=O) groups is 1. The summed E-state index contributed by atoms with van der Waals surface area (Å²) < 4.78 is 32.9. The molecule has 0 saturated carbocycles. The molecule has 1 unspecified atom stereocenters. The van der Waals surface area contributed by atoms with Gasteiger partial charge in [-0.3, -0.25) is 4.79 Å². The summed E-state index contributed by atoms with van der Waals surface area (Å²) in [6.07, 6.45) is 6.67. The van der Waals surface area contributed by atoms with Gasteiger partial charge in [-0.2, -0.15) is 4.31 Å². The first-order chi connectivity index (χ1) is 15.5. The number of likely N-dealkylation sites (tertiary alicyclic amines) is 1. The van der Waals surface area contributed by atoms with Crippen LogP contribution in [0.25, 0.3) is 0 Å². The summed E-state index contributed by atoms with van der Waals surface area (Å²) in [6, 6.07) is 14.6. The second kappa shape index (κ2) is 10.0. The molecule has 6 nitrogen and oxygen atoms in total. The Labute approximate surface area is 191 Å². The highest BCUT2D eigenvalue weighted by atomic mass is 32.2. The highest BCUT2D eigenvalue weighted by Crippen LogP contribution is 2.26. The molecule has 1 atom stereocenters. The third kappa shape index (κ3) is 4.99. The maximum atomic E-state index is 13.2. The molecule has 2 aliphatic heterocycles. The van der Waals surface area contributed by atoms with Crippen LogP contribution in [0.2, 0.25) is 0 Å². The molecule has 0 radical (unpaired) electrons. The lowest BCUT2D eigenvalue weighted by Gasteiger charge is -2.25. The van der Waals surface area contributed by atoms with Crippen LogP contribution >= 0.6 is 0 Å². The largest absolute Gasteiger partial charge is 0.497 e. The van der Waals surface area contributed by atoms with Gasteiger partial charge in [0.2, 0.25) is 10.0 Å². The summed E-state index contributed by atoms with van der Waals surface area (Å²) in [5.74, 6) is 0.786. The molecule has 32 heavy (non-hydrogen) atoms. The zero-order valence-corrected chi connectivity index (χ0v) is 19.5. The first kappa shape index (κ1) is 22.8. The monoisotopic (exact) mass is 456 g/mol. The second-order valence-corrected chi connectivity index (χ2v) is 10.6. The number of hydrogen-bond donors (Lipinski definition) is 0. The maximum absolute atomic E-state index is 13.2. The molecule has 0 N–H and O–H groups in total. The van der Waals surface area contributed by atoms with E-state index in [4.69, 9.17) is 4.74 Å². The fourth-order valence-corrected chi connectivity index (χ4v) is 6.27. The topological polar surface area (TPSA) is 66.9 Å². The molecule has 2 aliphatic rings. The van der Waals surface area contributed by atoms with E-state index in [2.05, 4.69) is 6.07 Å². The highest BCUT2D eigenvalue weighted by molar-refractivity contribution is 7.89. The van der Waals surface area contributed by atoms with Crippen molar-refractivity contribution < 1.29 is 17.9 Å². The van der Waals surface area contributed by atoms with Gasteiger partial charge in [0, 0.05) is 31.2 Å². The maximum Gasteiger partial charge on any atom is 0.254 e. The molecule has 172 valence electrons. The lowest BCUT2D eigenvalue weighted by atomic mass is 10.0. The summed E-state index contributed by atoms with van der Waals surface area (Å²) in [6.45, 7) is 1.87. The van der Waals surface area contributed by atoms with Gasteiger partial charge in [-0.1, -0.05) is 25.0 Å². The van der Waals surface area contributed by atoms with E-state index >= 15 is 0 Å². The summed E-state index contributed by atoms with van der Waals surface area (Å²) in [5.41, 5.74) is 1.69. The van der Waals surface area contributed by atoms with E-state index in [1.54, 1.807) is 35.7 Å². The van der Waals surface area contributed by atoms with Gasteiger partial charge in [0.15, 0.2) is 0 Å². The van der Waals surface area contributed by atoms with Gasteiger partial charge >= 0.3 is 0 Å². The number of benzene rings is 2. The second-order valence-electron chi connectivity index (χ2n) is 8.69. The van der Waals surface area contributed by atoms with Crippen molar-refractivity contribution in [2.75, 3.05) is 26.7 Å². The number of sulfonamides is 1. The fourth-order valence-electron chi connectivity index (χ4n) is 4.75. The smallest absolute Gasteiger partial charge is 0.254 e. The van der Waals surface area contributed by atoms with E-state index < -0.39 is 10.0 Å². The Kier molecular flexibility index (Phi) is 7.16. The molecular formula is C25H32N2O4S. The van der Waals surface area contributed by atoms with Crippen molar-refractivity contribution in [1.29, 1.82) is 0 Å². The first-order valence-corrected chi connectivity index (χ1v) is 13.0. The average molecular weight is 457 g/mol. The normalized spacial score (nSPS) is 20.2. The van der Waals surface area contributed by atoms with Gasteiger partial charge in [0.25, 0.3) is 5.91 Å². The molecule has 7 heteroatoms. The molecule has 0 aromatic heterocycles. The molecule has 0 spiro atoms. The standard InChI is InChI=1S/C25H32N2O4S/c1-31-23-10-6-8-20(19-23)18-22-9-7-17-27(22)25(28)21-11-13-24(14-12-21)32(29,30)26-15-4-2-3-5-16-26/h6,8,10-14,19,22H,2-5,7,9,15-18H2,1H3. The van der Waals surface area contributed by atoms with Crippen LogP contribution < -0.4 is 4.74 Å². The Morgan fingerprint density at radius 2 is 1.69 bits per heavy atom. The molecule has 2 heterocycles. The molecule has 1 amide bonds. The van der Waals surface area contributed by atoms with Gasteiger partial charge < -0.3 is 9.64 Å². The minimum Gasteiger partial charge on any atom is -0.497 e. The van der Waals surface area contributed by atoms with Gasteiger partial charge in [-0.25, -0.2) is 8.42 Å². The van der Waals surface area contributed by atoms with Crippen LogP contribution in [0, 0.1) is 0 Å². The van der Waals surface area contributed by atoms with E-state index in [1.165, 1.54) is 0 Å². The first-order valence-electron chi connectivity index (χ1n) is 11.5. The molecule has 0 bridgehead atoms. The van der Waals surface area contributed by atoms with E-state index in [1.807, 2.05) is 23.1 Å². The van der Waals surface area contributed by atoms with Gasteiger partial charge in [0.05, 0.1) is 12.0 Å². The molecule has 2 aromatic carbocycles. The van der Waals surface area contributed by atoms with Gasteiger partial charge in [-0.05, 0) is 74.1 Å². The van der Waals surface area contributed by atoms with Crippen LogP contribution in [-0.2, 0) is 16.4 Å². The Balaban J connectivity index is 1.46. The summed E-state index contributed by atoms with van der Waals surface area (Å²) in [4.78, 5) is 15.4. The average Bonchev–Trinajstić information content (AvgIpc) is 3.09. The van der Waals surface area contributed by atoms with Crippen molar-refractivity contribution in [3.05, 3.63) is 59.7 Å². The predicted octanol–water partition coefficient (Wildman–Crippen LogP) is 4.11. The SMILES string of the molecule is COc1cccc(CC2CCCN2C(=O)c2ccc(S(=O)(=O)N3CCCCCC3)cc2)c1. The van der Waals surface area contributed by atoms with Crippen LogP contribution in [0.15, 0.2) is 53.4 Å². The summed E-state index contributed by atoms with van der Waals surface area (Å²) in [7, 11) is -1.85. The number of hydrogen-bond acceptors (Lipinski definition) is 4. The number of carbonyl (C=O) groups excluding carboxylic acids is 1. The fraction of sp³-hybridized carbons (Fsp3) is 0.480. The zero-order valence-electron chi connectivity index (χ0n) is 18.7. The number of methoxy groups -OCH3 is 1. The van der Waals surface area contributed by atoms with Gasteiger partial charge in [-0.15, -0.1) is 0 Å². The van der Waals surface area contributed by atoms with Crippen molar-refractivity contribution in [3.63, 3.8) is 0 Å². The van der Waals surface area contributed by atoms with E-state index in [0.29, 0.717) is 18.7 Å². The van der Waals surface area contributed by atoms with Crippen molar-refractivity contribution >= 4 is 15.9 Å². The van der Waals surface area contributed by atoms with Crippen LogP contribution in [0.1, 0.15) is 54.4 Å². The van der Waals surface area contributed by atoms with E-state index in [9.17, 15) is 13.2 Å². The van der Waals surface area contributed by atoms with Crippen LogP contribution in [-0.4, -0.2) is 56.3 Å². The Bertz CT molecular complexity index is 1030. The molecule has 2 fully saturated rings. The van der Waals surface area contributed by atoms with Crippen LogP contribution in [0.4, 0.5) is 0 Å². The lowest BCUT2D eigenvalue weighted by molar-refractivity contribution is 0.0736. The molecule has 2 aromatic rings. The number of ether oxygens (including phenoxy) is 1. The Hall–Kier alpha value is -2.38. The Morgan fingerprint density at radius 1 is 0.969 bits per heavy atom. The van der Waals surface area contributed by atoms with Crippen molar-refractivity contribution in [2.24, 2.45) is 0 Å². The zero-order chi connectivity index (χ0) is 22.6. The van der Waals surface area contributed by atoms with Crippen LogP contribution in [0.3, 0.4) is 0 Å². The third-order valence-electron chi connectivity index (χ3n) is 6.55. The van der Waals surface area contributed by atoms with Gasteiger partial charge in [0.1, 0.15) is 5.75 Å². The third-order valence-corrected chi connectivity index (χ3v) is 8.46. The molecule has 0 aliphatic carbocycles. The van der Waals surface area contributed by atoms with Crippen molar-refractivity contribution in [1.82, 2.24) is 9.21 Å². The summed E-state index contributed by atoms with van der Waals surface area (Å²) >= 11 is 0. The highest BCUT2D eigenvalue weighted by Gasteiger charge is 2.30. The number of nitrogens with zero attached hydrogens (tertiary/aromatic N) is 2. The number of rotatable bonds is 6. The van der Waals surface area contributed by atoms with E-state index in [0.717, 1.165) is 62.8 Å². The minimum atomic E-state index is -3.51. The lowest BCUT2D eigenvalue weighted by Crippen LogP contribution is -2.37. The predicted molar refractivity (Wildman–Crippen MR) is 124 cm³/mol. The van der Waals surface area contributed by atoms with E-state index in [-0.39, 0.29) is 16.8 Å². The number of amides is 1. The Morgan fingerprint density at radius 3 is 2.38 bits per heavy atom. The minimum absolute atomic E-state index is 0.0332. The summed E-state index contributed by atoms with van der Waals surface area (Å²) in [5, 5.41) is 0. The quantitative estimate of drug-likeness (QED) is 0.656. The van der Waals surface area contributed by atoms with Crippen molar-refractivity contribution in [2.45, 2.75) is 55.9 Å². The van der Waals surface area contributed by atoms with Crippen LogP contribution in [0.5, 0.6) is 5.75 Å².